The van der Waals surface area contributed by atoms with Crippen LogP contribution in [0, 0.1) is 5.82 Å². The topological polar surface area (TPSA) is 23.5 Å². The molecule has 1 heterocycles. The third-order valence-electron chi connectivity index (χ3n) is 5.13. The van der Waals surface area contributed by atoms with Crippen LogP contribution in [0.4, 0.5) is 4.39 Å². The van der Waals surface area contributed by atoms with E-state index < -0.39 is 0 Å². The van der Waals surface area contributed by atoms with Gasteiger partial charge in [0.2, 0.25) is 0 Å². The first-order chi connectivity index (χ1) is 11.6. The molecule has 0 amide bonds. The van der Waals surface area contributed by atoms with Crippen molar-refractivity contribution >= 4 is 10.8 Å². The molecule has 24 heavy (non-hydrogen) atoms. The standard InChI is InChI=1S/C21H20FNO/c1-14(18-8-9-21(22)20-5-3-2-4-19(18)20)23-11-10-15-12-17(24)7-6-16(15)13-23/h2-9,12,14,24H,10-11,13H2,1H3. The smallest absolute Gasteiger partial charge is 0.131 e. The fourth-order valence-electron chi connectivity index (χ4n) is 3.74. The summed E-state index contributed by atoms with van der Waals surface area (Å²) in [6, 6.07) is 17.0. The summed E-state index contributed by atoms with van der Waals surface area (Å²) in [6.45, 7) is 3.97. The van der Waals surface area contributed by atoms with Crippen molar-refractivity contribution in [2.75, 3.05) is 6.54 Å². The fourth-order valence-corrected chi connectivity index (χ4v) is 3.74. The van der Waals surface area contributed by atoms with Crippen LogP contribution < -0.4 is 0 Å². The van der Waals surface area contributed by atoms with Gasteiger partial charge >= 0.3 is 0 Å². The van der Waals surface area contributed by atoms with Crippen LogP contribution in [0.5, 0.6) is 5.75 Å². The van der Waals surface area contributed by atoms with Gasteiger partial charge in [0.1, 0.15) is 11.6 Å². The number of nitrogens with zero attached hydrogens (tertiary/aromatic N) is 1. The van der Waals surface area contributed by atoms with Gasteiger partial charge in [-0.15, -0.1) is 0 Å². The lowest BCUT2D eigenvalue weighted by molar-refractivity contribution is 0.193. The Bertz CT molecular complexity index is 905. The molecule has 1 N–H and O–H groups in total. The van der Waals surface area contributed by atoms with Crippen molar-refractivity contribution in [3.05, 3.63) is 77.1 Å². The monoisotopic (exact) mass is 321 g/mol. The summed E-state index contributed by atoms with van der Waals surface area (Å²) in [7, 11) is 0. The van der Waals surface area contributed by atoms with E-state index in [4.69, 9.17) is 0 Å². The largest absolute Gasteiger partial charge is 0.508 e. The van der Waals surface area contributed by atoms with Crippen molar-refractivity contribution < 1.29 is 9.50 Å². The lowest BCUT2D eigenvalue weighted by Crippen LogP contribution is -2.33. The Morgan fingerprint density at radius 1 is 1.00 bits per heavy atom. The number of hydrogen-bond acceptors (Lipinski definition) is 2. The molecule has 2 nitrogen and oxygen atoms in total. The molecule has 0 aliphatic carbocycles. The van der Waals surface area contributed by atoms with E-state index in [1.165, 1.54) is 11.1 Å². The molecule has 3 heteroatoms. The first-order valence-corrected chi connectivity index (χ1v) is 8.35. The summed E-state index contributed by atoms with van der Waals surface area (Å²) in [5, 5.41) is 11.3. The lowest BCUT2D eigenvalue weighted by atomic mass is 9.94. The first kappa shape index (κ1) is 15.2. The van der Waals surface area contributed by atoms with E-state index in [0.717, 1.165) is 30.5 Å². The summed E-state index contributed by atoms with van der Waals surface area (Å²) >= 11 is 0. The van der Waals surface area contributed by atoms with Gasteiger partial charge in [-0.25, -0.2) is 4.39 Å². The minimum atomic E-state index is -0.166. The summed E-state index contributed by atoms with van der Waals surface area (Å²) in [4.78, 5) is 2.42. The molecule has 0 fully saturated rings. The van der Waals surface area contributed by atoms with Gasteiger partial charge in [-0.3, -0.25) is 4.90 Å². The number of benzene rings is 3. The number of hydrogen-bond donors (Lipinski definition) is 1. The van der Waals surface area contributed by atoms with E-state index in [0.29, 0.717) is 11.1 Å². The number of halogens is 1. The van der Waals surface area contributed by atoms with Crippen LogP contribution in [-0.4, -0.2) is 16.6 Å². The number of aromatic hydroxyl groups is 1. The third-order valence-corrected chi connectivity index (χ3v) is 5.13. The predicted molar refractivity (Wildman–Crippen MR) is 94.5 cm³/mol. The van der Waals surface area contributed by atoms with Gasteiger partial charge in [-0.05, 0) is 53.6 Å². The molecular formula is C21H20FNO. The molecule has 1 aliphatic heterocycles. The summed E-state index contributed by atoms with van der Waals surface area (Å²) < 4.78 is 14.1. The molecule has 0 saturated carbocycles. The van der Waals surface area contributed by atoms with Crippen LogP contribution in [0.1, 0.15) is 29.7 Å². The normalized spacial score (nSPS) is 16.1. The minimum absolute atomic E-state index is 0.166. The molecule has 1 unspecified atom stereocenters. The van der Waals surface area contributed by atoms with Crippen LogP contribution >= 0.6 is 0 Å². The fraction of sp³-hybridized carbons (Fsp3) is 0.238. The SMILES string of the molecule is CC(c1ccc(F)c2ccccc12)N1CCc2cc(O)ccc2C1. The van der Waals surface area contributed by atoms with E-state index >= 15 is 0 Å². The second-order valence-electron chi connectivity index (χ2n) is 6.53. The molecule has 122 valence electrons. The van der Waals surface area contributed by atoms with Crippen molar-refractivity contribution in [1.29, 1.82) is 0 Å². The van der Waals surface area contributed by atoms with Crippen molar-refractivity contribution in [3.8, 4) is 5.75 Å². The molecule has 0 aromatic heterocycles. The third kappa shape index (κ3) is 2.55. The van der Waals surface area contributed by atoms with Crippen LogP contribution in [0.2, 0.25) is 0 Å². The van der Waals surface area contributed by atoms with Crippen LogP contribution in [-0.2, 0) is 13.0 Å². The maximum Gasteiger partial charge on any atom is 0.131 e. The molecule has 0 spiro atoms. The van der Waals surface area contributed by atoms with Crippen LogP contribution in [0.15, 0.2) is 54.6 Å². The van der Waals surface area contributed by atoms with Crippen LogP contribution in [0.3, 0.4) is 0 Å². The number of phenolic OH excluding ortho intramolecular Hbond substituents is 1. The van der Waals surface area contributed by atoms with Crippen molar-refractivity contribution in [2.45, 2.75) is 25.9 Å². The van der Waals surface area contributed by atoms with Gasteiger partial charge in [-0.1, -0.05) is 36.4 Å². The highest BCUT2D eigenvalue weighted by molar-refractivity contribution is 5.86. The summed E-state index contributed by atoms with van der Waals surface area (Å²) in [5.41, 5.74) is 3.65. The highest BCUT2D eigenvalue weighted by Gasteiger charge is 2.23. The number of phenols is 1. The van der Waals surface area contributed by atoms with Crippen molar-refractivity contribution in [1.82, 2.24) is 4.90 Å². The van der Waals surface area contributed by atoms with Gasteiger partial charge < -0.3 is 5.11 Å². The molecule has 3 aromatic carbocycles. The van der Waals surface area contributed by atoms with Gasteiger partial charge in [0, 0.05) is 24.5 Å². The first-order valence-electron chi connectivity index (χ1n) is 8.35. The Labute approximate surface area is 141 Å². The van der Waals surface area contributed by atoms with E-state index in [1.807, 2.05) is 42.5 Å². The van der Waals surface area contributed by atoms with Crippen LogP contribution in [0.25, 0.3) is 10.8 Å². The molecular weight excluding hydrogens is 301 g/mol. The quantitative estimate of drug-likeness (QED) is 0.732. The molecule has 3 aromatic rings. The Kier molecular flexibility index (Phi) is 3.73. The Morgan fingerprint density at radius 2 is 1.79 bits per heavy atom. The van der Waals surface area contributed by atoms with Gasteiger partial charge in [0.05, 0.1) is 0 Å². The Morgan fingerprint density at radius 3 is 2.62 bits per heavy atom. The van der Waals surface area contributed by atoms with Crippen molar-refractivity contribution in [3.63, 3.8) is 0 Å². The van der Waals surface area contributed by atoms with E-state index in [9.17, 15) is 9.50 Å². The molecule has 0 radical (unpaired) electrons. The lowest BCUT2D eigenvalue weighted by Gasteiger charge is -2.34. The Hall–Kier alpha value is -2.39. The van der Waals surface area contributed by atoms with Gasteiger partial charge in [0.15, 0.2) is 0 Å². The summed E-state index contributed by atoms with van der Waals surface area (Å²) in [5.74, 6) is 0.167. The zero-order valence-corrected chi connectivity index (χ0v) is 13.7. The molecule has 1 atom stereocenters. The second-order valence-corrected chi connectivity index (χ2v) is 6.53. The maximum atomic E-state index is 14.1. The average molecular weight is 321 g/mol. The van der Waals surface area contributed by atoms with Gasteiger partial charge in [-0.2, -0.15) is 0 Å². The predicted octanol–water partition coefficient (Wildman–Crippen LogP) is 4.80. The zero-order chi connectivity index (χ0) is 16.7. The molecule has 0 saturated heterocycles. The zero-order valence-electron chi connectivity index (χ0n) is 13.7. The molecule has 1 aliphatic rings. The highest BCUT2D eigenvalue weighted by Crippen LogP contribution is 2.33. The second kappa shape index (κ2) is 5.91. The van der Waals surface area contributed by atoms with Gasteiger partial charge in [0.25, 0.3) is 0 Å². The number of fused-ring (bicyclic) bond motifs is 2. The Balaban J connectivity index is 1.69. The van der Waals surface area contributed by atoms with E-state index in [-0.39, 0.29) is 11.9 Å². The van der Waals surface area contributed by atoms with E-state index in [1.54, 1.807) is 12.1 Å². The molecule has 0 bridgehead atoms. The number of rotatable bonds is 2. The summed E-state index contributed by atoms with van der Waals surface area (Å²) in [6.07, 6.45) is 0.924. The highest BCUT2D eigenvalue weighted by atomic mass is 19.1. The minimum Gasteiger partial charge on any atom is -0.508 e. The van der Waals surface area contributed by atoms with Crippen molar-refractivity contribution in [2.24, 2.45) is 0 Å². The maximum absolute atomic E-state index is 14.1. The average Bonchev–Trinajstić information content (AvgIpc) is 2.61. The van der Waals surface area contributed by atoms with E-state index in [2.05, 4.69) is 11.8 Å². The molecule has 4 rings (SSSR count).